The Kier molecular flexibility index (Phi) is 6.61. The second-order valence-electron chi connectivity index (χ2n) is 5.20. The largest absolute Gasteiger partial charge is 0.505 e. The Balaban J connectivity index is 1.93. The molecule has 0 saturated heterocycles. The molecule has 0 fully saturated rings. The topological polar surface area (TPSA) is 38.7 Å². The smallest absolute Gasteiger partial charge is 0.176 e. The van der Waals surface area contributed by atoms with Gasteiger partial charge in [0.2, 0.25) is 0 Å². The van der Waals surface area contributed by atoms with Crippen molar-refractivity contribution in [1.29, 1.82) is 0 Å². The number of rotatable bonds is 4. The number of halogens is 6. The second-order valence-corrected chi connectivity index (χ2v) is 8.69. The Morgan fingerprint density at radius 1 is 0.667 bits per heavy atom. The van der Waals surface area contributed by atoms with Gasteiger partial charge in [0.1, 0.15) is 11.5 Å². The van der Waals surface area contributed by atoms with E-state index in [0.29, 0.717) is 10.7 Å². The van der Waals surface area contributed by atoms with Gasteiger partial charge < -0.3 is 14.6 Å². The number of para-hydroxylation sites is 1. The molecule has 0 radical (unpaired) electrons. The molecule has 0 spiro atoms. The van der Waals surface area contributed by atoms with Crippen molar-refractivity contribution in [3.63, 3.8) is 0 Å². The van der Waals surface area contributed by atoms with Crippen molar-refractivity contribution < 1.29 is 27.8 Å². The summed E-state index contributed by atoms with van der Waals surface area (Å²) in [4.78, 5) is 0. The van der Waals surface area contributed by atoms with Crippen molar-refractivity contribution in [3.05, 3.63) is 70.6 Å². The van der Waals surface area contributed by atoms with E-state index in [1.807, 2.05) is 67.8 Å². The van der Waals surface area contributed by atoms with Crippen LogP contribution in [0.2, 0.25) is 0 Å². The lowest BCUT2D eigenvalue weighted by Gasteiger charge is -2.14. The monoisotopic (exact) mass is 710 g/mol. The van der Waals surface area contributed by atoms with Gasteiger partial charge in [0, 0.05) is 24.3 Å². The summed E-state index contributed by atoms with van der Waals surface area (Å²) in [6.07, 6.45) is 0. The molecule has 0 aliphatic heterocycles. The van der Waals surface area contributed by atoms with E-state index in [4.69, 9.17) is 9.47 Å². The molecule has 9 heteroatoms. The Morgan fingerprint density at radius 3 is 1.96 bits per heavy atom. The lowest BCUT2D eigenvalue weighted by Crippen LogP contribution is -1.97. The SMILES string of the molecule is Oc1cc(I)c(Oc2cc(F)c(Oc3c(F)cccc3I)cc2I)cc1F. The molecular weight excluding hydrogens is 702 g/mol. The third kappa shape index (κ3) is 4.72. The molecule has 0 aliphatic carbocycles. The molecule has 27 heavy (non-hydrogen) atoms. The van der Waals surface area contributed by atoms with Crippen LogP contribution in [0.25, 0.3) is 0 Å². The van der Waals surface area contributed by atoms with E-state index in [0.717, 1.165) is 12.1 Å². The highest BCUT2D eigenvalue weighted by molar-refractivity contribution is 14.1. The summed E-state index contributed by atoms with van der Waals surface area (Å²) in [6.45, 7) is 0. The summed E-state index contributed by atoms with van der Waals surface area (Å²) < 4.78 is 54.3. The zero-order valence-corrected chi connectivity index (χ0v) is 19.5. The van der Waals surface area contributed by atoms with E-state index < -0.39 is 23.2 Å². The summed E-state index contributed by atoms with van der Waals surface area (Å²) in [5, 5.41) is 9.37. The average Bonchev–Trinajstić information content (AvgIpc) is 2.60. The predicted molar refractivity (Wildman–Crippen MR) is 119 cm³/mol. The van der Waals surface area contributed by atoms with Gasteiger partial charge in [0.15, 0.2) is 34.7 Å². The van der Waals surface area contributed by atoms with Crippen LogP contribution in [0, 0.1) is 28.2 Å². The van der Waals surface area contributed by atoms with Crippen molar-refractivity contribution in [1.82, 2.24) is 0 Å². The summed E-state index contributed by atoms with van der Waals surface area (Å²) in [6, 6.07) is 9.03. The first kappa shape index (κ1) is 20.8. The minimum absolute atomic E-state index is 0.0726. The first-order valence-electron chi connectivity index (χ1n) is 7.23. The van der Waals surface area contributed by atoms with Gasteiger partial charge in [-0.15, -0.1) is 0 Å². The summed E-state index contributed by atoms with van der Waals surface area (Å²) in [7, 11) is 0. The Bertz CT molecular complexity index is 1010. The zero-order valence-electron chi connectivity index (χ0n) is 13.1. The normalized spacial score (nSPS) is 10.7. The van der Waals surface area contributed by atoms with Crippen LogP contribution in [0.1, 0.15) is 0 Å². The van der Waals surface area contributed by atoms with Crippen molar-refractivity contribution in [2.75, 3.05) is 0 Å². The molecule has 0 aliphatic rings. The van der Waals surface area contributed by atoms with Crippen molar-refractivity contribution in [3.8, 4) is 28.7 Å². The molecule has 3 nitrogen and oxygen atoms in total. The van der Waals surface area contributed by atoms with E-state index in [2.05, 4.69) is 0 Å². The molecule has 3 rings (SSSR count). The van der Waals surface area contributed by atoms with E-state index in [1.54, 1.807) is 6.07 Å². The number of aromatic hydroxyl groups is 1. The molecule has 1 N–H and O–H groups in total. The Labute approximate surface area is 193 Å². The molecule has 0 unspecified atom stereocenters. The fourth-order valence-electron chi connectivity index (χ4n) is 2.07. The van der Waals surface area contributed by atoms with Gasteiger partial charge in [-0.3, -0.25) is 0 Å². The highest BCUT2D eigenvalue weighted by Crippen LogP contribution is 2.38. The van der Waals surface area contributed by atoms with Crippen LogP contribution in [0.4, 0.5) is 13.2 Å². The highest BCUT2D eigenvalue weighted by Gasteiger charge is 2.17. The predicted octanol–water partition coefficient (Wildman–Crippen LogP) is 7.21. The Hall–Kier alpha value is -0.960. The maximum absolute atomic E-state index is 14.5. The molecule has 3 aromatic rings. The van der Waals surface area contributed by atoms with Crippen LogP contribution in [0.5, 0.6) is 28.7 Å². The van der Waals surface area contributed by atoms with Crippen LogP contribution in [0.15, 0.2) is 42.5 Å². The lowest BCUT2D eigenvalue weighted by molar-refractivity contribution is 0.404. The molecule has 0 heterocycles. The fraction of sp³-hybridized carbons (Fsp3) is 0. The van der Waals surface area contributed by atoms with Crippen LogP contribution in [0.3, 0.4) is 0 Å². The van der Waals surface area contributed by atoms with Crippen molar-refractivity contribution in [2.45, 2.75) is 0 Å². The van der Waals surface area contributed by atoms with Crippen LogP contribution < -0.4 is 9.47 Å². The maximum Gasteiger partial charge on any atom is 0.176 e. The second kappa shape index (κ2) is 8.59. The first-order chi connectivity index (χ1) is 12.8. The minimum atomic E-state index is -0.852. The Morgan fingerprint density at radius 2 is 1.30 bits per heavy atom. The summed E-state index contributed by atoms with van der Waals surface area (Å²) in [5.74, 6) is -2.71. The molecule has 0 saturated carbocycles. The maximum atomic E-state index is 14.5. The number of benzene rings is 3. The van der Waals surface area contributed by atoms with E-state index >= 15 is 0 Å². The number of hydrogen-bond donors (Lipinski definition) is 1. The van der Waals surface area contributed by atoms with Crippen molar-refractivity contribution >= 4 is 67.8 Å². The molecule has 0 atom stereocenters. The molecule has 0 amide bonds. The van der Waals surface area contributed by atoms with Gasteiger partial charge in [-0.25, -0.2) is 13.2 Å². The third-order valence-electron chi connectivity index (χ3n) is 3.34. The zero-order chi connectivity index (χ0) is 19.7. The van der Waals surface area contributed by atoms with Gasteiger partial charge >= 0.3 is 0 Å². The highest BCUT2D eigenvalue weighted by atomic mass is 127. The third-order valence-corrected chi connectivity index (χ3v) is 5.87. The number of phenols is 1. The molecular formula is C18H8F3I3O3. The number of phenolic OH excluding ortho intramolecular Hbond substituents is 1. The van der Waals surface area contributed by atoms with Gasteiger partial charge in [0.25, 0.3) is 0 Å². The molecule has 0 aromatic heterocycles. The minimum Gasteiger partial charge on any atom is -0.505 e. The van der Waals surface area contributed by atoms with Gasteiger partial charge in [-0.2, -0.15) is 0 Å². The van der Waals surface area contributed by atoms with Gasteiger partial charge in [-0.1, -0.05) is 6.07 Å². The molecule has 3 aromatic carbocycles. The van der Waals surface area contributed by atoms with Gasteiger partial charge in [0.05, 0.1) is 10.7 Å². The molecule has 140 valence electrons. The lowest BCUT2D eigenvalue weighted by atomic mass is 10.3. The number of ether oxygens (including phenoxy) is 2. The molecule has 0 bridgehead atoms. The average molecular weight is 710 g/mol. The van der Waals surface area contributed by atoms with E-state index in [-0.39, 0.29) is 23.0 Å². The van der Waals surface area contributed by atoms with Gasteiger partial charge in [-0.05, 0) is 79.9 Å². The quantitative estimate of drug-likeness (QED) is 0.291. The van der Waals surface area contributed by atoms with E-state index in [1.165, 1.54) is 24.3 Å². The van der Waals surface area contributed by atoms with Crippen LogP contribution in [-0.4, -0.2) is 5.11 Å². The standard InChI is InChI=1S/C18H8F3I3O3/c19-8-2-1-3-11(22)18(8)27-15-7-13(24)17(5-10(15)21)26-16-4-9(20)14(25)6-12(16)23/h1-7,25H. The van der Waals surface area contributed by atoms with Crippen LogP contribution >= 0.6 is 67.8 Å². The fourth-order valence-corrected chi connectivity index (χ4v) is 3.76. The first-order valence-corrected chi connectivity index (χ1v) is 10.5. The summed E-state index contributed by atoms with van der Waals surface area (Å²) in [5.41, 5.74) is 0. The van der Waals surface area contributed by atoms with E-state index in [9.17, 15) is 18.3 Å². The number of hydrogen-bond acceptors (Lipinski definition) is 3. The van der Waals surface area contributed by atoms with Crippen molar-refractivity contribution in [2.24, 2.45) is 0 Å². The van der Waals surface area contributed by atoms with Crippen LogP contribution in [-0.2, 0) is 0 Å². The summed E-state index contributed by atoms with van der Waals surface area (Å²) >= 11 is 5.66.